The SMILES string of the molecule is CC1CN(C)CCCN1C(=O)c1c(O)cccc1F. The van der Waals surface area contributed by atoms with Gasteiger partial charge in [-0.05, 0) is 39.1 Å². The zero-order valence-electron chi connectivity index (χ0n) is 11.3. The van der Waals surface area contributed by atoms with Crippen molar-refractivity contribution in [3.05, 3.63) is 29.6 Å². The van der Waals surface area contributed by atoms with Gasteiger partial charge in [-0.1, -0.05) is 6.07 Å². The van der Waals surface area contributed by atoms with Crippen LogP contribution in [-0.4, -0.2) is 53.5 Å². The molecular formula is C14H19FN2O2. The minimum absolute atomic E-state index is 0.000920. The number of nitrogens with zero attached hydrogens (tertiary/aromatic N) is 2. The molecule has 0 aliphatic carbocycles. The largest absolute Gasteiger partial charge is 0.507 e. The molecule has 5 heteroatoms. The molecular weight excluding hydrogens is 247 g/mol. The lowest BCUT2D eigenvalue weighted by Gasteiger charge is -2.28. The summed E-state index contributed by atoms with van der Waals surface area (Å²) >= 11 is 0. The molecule has 19 heavy (non-hydrogen) atoms. The van der Waals surface area contributed by atoms with Gasteiger partial charge in [0.25, 0.3) is 5.91 Å². The Bertz CT molecular complexity index is 458. The molecule has 1 aromatic rings. The van der Waals surface area contributed by atoms with Gasteiger partial charge in [0.1, 0.15) is 17.1 Å². The van der Waals surface area contributed by atoms with E-state index in [1.165, 1.54) is 18.2 Å². The predicted octanol–water partition coefficient (Wildman–Crippen LogP) is 1.70. The Labute approximate surface area is 112 Å². The number of benzene rings is 1. The fraction of sp³-hybridized carbons (Fsp3) is 0.500. The molecule has 0 aromatic heterocycles. The van der Waals surface area contributed by atoms with Crippen LogP contribution < -0.4 is 0 Å². The first-order valence-corrected chi connectivity index (χ1v) is 6.47. The summed E-state index contributed by atoms with van der Waals surface area (Å²) in [6.45, 7) is 4.19. The summed E-state index contributed by atoms with van der Waals surface area (Å²) in [5.74, 6) is -1.40. The van der Waals surface area contributed by atoms with Crippen molar-refractivity contribution >= 4 is 5.91 Å². The minimum atomic E-state index is -0.671. The molecule has 0 spiro atoms. The molecule has 1 amide bonds. The van der Waals surface area contributed by atoms with Crippen LogP contribution in [-0.2, 0) is 0 Å². The number of halogens is 1. The molecule has 1 aliphatic heterocycles. The van der Waals surface area contributed by atoms with Crippen molar-refractivity contribution in [1.29, 1.82) is 0 Å². The second-order valence-corrected chi connectivity index (χ2v) is 5.10. The fourth-order valence-corrected chi connectivity index (χ4v) is 2.54. The predicted molar refractivity (Wildman–Crippen MR) is 70.7 cm³/mol. The van der Waals surface area contributed by atoms with Crippen LogP contribution in [0.4, 0.5) is 4.39 Å². The molecule has 0 saturated carbocycles. The Morgan fingerprint density at radius 1 is 1.42 bits per heavy atom. The van der Waals surface area contributed by atoms with E-state index < -0.39 is 11.7 Å². The minimum Gasteiger partial charge on any atom is -0.507 e. The van der Waals surface area contributed by atoms with Crippen LogP contribution in [0.3, 0.4) is 0 Å². The van der Waals surface area contributed by atoms with Crippen molar-refractivity contribution in [2.75, 3.05) is 26.7 Å². The van der Waals surface area contributed by atoms with E-state index in [2.05, 4.69) is 4.90 Å². The van der Waals surface area contributed by atoms with E-state index in [0.29, 0.717) is 6.54 Å². The normalized spacial score (nSPS) is 21.2. The highest BCUT2D eigenvalue weighted by molar-refractivity contribution is 5.97. The van der Waals surface area contributed by atoms with Gasteiger partial charge in [-0.2, -0.15) is 0 Å². The molecule has 1 atom stereocenters. The molecule has 0 bridgehead atoms. The third kappa shape index (κ3) is 2.87. The number of likely N-dealkylation sites (N-methyl/N-ethyl adjacent to an activating group) is 1. The Hall–Kier alpha value is -1.62. The van der Waals surface area contributed by atoms with E-state index in [1.807, 2.05) is 14.0 Å². The first-order chi connectivity index (χ1) is 9.00. The van der Waals surface area contributed by atoms with Crippen LogP contribution in [0.5, 0.6) is 5.75 Å². The molecule has 1 fully saturated rings. The summed E-state index contributed by atoms with van der Waals surface area (Å²) in [6.07, 6.45) is 0.849. The van der Waals surface area contributed by atoms with Gasteiger partial charge in [0, 0.05) is 19.1 Å². The Morgan fingerprint density at radius 2 is 2.16 bits per heavy atom. The summed E-state index contributed by atoms with van der Waals surface area (Å²) in [4.78, 5) is 16.2. The van der Waals surface area contributed by atoms with Crippen LogP contribution in [0, 0.1) is 5.82 Å². The van der Waals surface area contributed by atoms with Crippen LogP contribution in [0.1, 0.15) is 23.7 Å². The van der Waals surface area contributed by atoms with Crippen molar-refractivity contribution in [1.82, 2.24) is 9.80 Å². The van der Waals surface area contributed by atoms with E-state index in [9.17, 15) is 14.3 Å². The molecule has 1 unspecified atom stereocenters. The highest BCUT2D eigenvalue weighted by Crippen LogP contribution is 2.23. The van der Waals surface area contributed by atoms with Gasteiger partial charge in [-0.3, -0.25) is 4.79 Å². The smallest absolute Gasteiger partial charge is 0.260 e. The quantitative estimate of drug-likeness (QED) is 0.841. The molecule has 1 aromatic carbocycles. The van der Waals surface area contributed by atoms with Crippen LogP contribution >= 0.6 is 0 Å². The van der Waals surface area contributed by atoms with E-state index in [1.54, 1.807) is 4.90 Å². The lowest BCUT2D eigenvalue weighted by molar-refractivity contribution is 0.0688. The number of phenols is 1. The van der Waals surface area contributed by atoms with Gasteiger partial charge in [-0.25, -0.2) is 4.39 Å². The second-order valence-electron chi connectivity index (χ2n) is 5.10. The number of carbonyl (C=O) groups is 1. The summed E-state index contributed by atoms with van der Waals surface area (Å²) in [6, 6.07) is 3.92. The number of hydrogen-bond donors (Lipinski definition) is 1. The highest BCUT2D eigenvalue weighted by atomic mass is 19.1. The highest BCUT2D eigenvalue weighted by Gasteiger charge is 2.28. The Morgan fingerprint density at radius 3 is 2.84 bits per heavy atom. The maximum absolute atomic E-state index is 13.7. The zero-order valence-corrected chi connectivity index (χ0v) is 11.3. The maximum Gasteiger partial charge on any atom is 0.260 e. The second kappa shape index (κ2) is 5.57. The fourth-order valence-electron chi connectivity index (χ4n) is 2.54. The van der Waals surface area contributed by atoms with E-state index in [4.69, 9.17) is 0 Å². The van der Waals surface area contributed by atoms with Crippen LogP contribution in [0.25, 0.3) is 0 Å². The molecule has 1 heterocycles. The Kier molecular flexibility index (Phi) is 4.04. The standard InChI is InChI=1S/C14H19FN2O2/c1-10-9-16(2)7-4-8-17(10)14(19)13-11(15)5-3-6-12(13)18/h3,5-6,10,18H,4,7-9H2,1-2H3. The van der Waals surface area contributed by atoms with Gasteiger partial charge < -0.3 is 14.9 Å². The first kappa shape index (κ1) is 13.8. The van der Waals surface area contributed by atoms with Crippen molar-refractivity contribution in [3.63, 3.8) is 0 Å². The summed E-state index contributed by atoms with van der Waals surface area (Å²) < 4.78 is 13.7. The van der Waals surface area contributed by atoms with Gasteiger partial charge in [0.05, 0.1) is 0 Å². The Balaban J connectivity index is 2.28. The van der Waals surface area contributed by atoms with Crippen LogP contribution in [0.15, 0.2) is 18.2 Å². The number of amides is 1. The number of rotatable bonds is 1. The van der Waals surface area contributed by atoms with Gasteiger partial charge in [-0.15, -0.1) is 0 Å². The lowest BCUT2D eigenvalue weighted by Crippen LogP contribution is -2.42. The van der Waals surface area contributed by atoms with E-state index in [-0.39, 0.29) is 17.4 Å². The van der Waals surface area contributed by atoms with E-state index >= 15 is 0 Å². The molecule has 1 N–H and O–H groups in total. The number of carbonyl (C=O) groups excluding carboxylic acids is 1. The van der Waals surface area contributed by atoms with Crippen molar-refractivity contribution in [2.24, 2.45) is 0 Å². The topological polar surface area (TPSA) is 43.8 Å². The molecule has 104 valence electrons. The van der Waals surface area contributed by atoms with Crippen molar-refractivity contribution in [2.45, 2.75) is 19.4 Å². The third-order valence-electron chi connectivity index (χ3n) is 3.51. The van der Waals surface area contributed by atoms with Gasteiger partial charge >= 0.3 is 0 Å². The number of aromatic hydroxyl groups is 1. The molecule has 0 radical (unpaired) electrons. The monoisotopic (exact) mass is 266 g/mol. The zero-order chi connectivity index (χ0) is 14.0. The average molecular weight is 266 g/mol. The number of hydrogen-bond acceptors (Lipinski definition) is 3. The van der Waals surface area contributed by atoms with E-state index in [0.717, 1.165) is 19.5 Å². The molecule has 2 rings (SSSR count). The van der Waals surface area contributed by atoms with Crippen molar-refractivity contribution in [3.8, 4) is 5.75 Å². The van der Waals surface area contributed by atoms with Gasteiger partial charge in [0.15, 0.2) is 0 Å². The molecule has 1 saturated heterocycles. The summed E-state index contributed by atoms with van der Waals surface area (Å²) in [5, 5.41) is 9.70. The lowest BCUT2D eigenvalue weighted by atomic mass is 10.1. The van der Waals surface area contributed by atoms with Crippen LogP contribution in [0.2, 0.25) is 0 Å². The number of phenolic OH excluding ortho intramolecular Hbond substituents is 1. The van der Waals surface area contributed by atoms with Gasteiger partial charge in [0.2, 0.25) is 0 Å². The first-order valence-electron chi connectivity index (χ1n) is 6.47. The third-order valence-corrected chi connectivity index (χ3v) is 3.51. The van der Waals surface area contributed by atoms with Crippen molar-refractivity contribution < 1.29 is 14.3 Å². The molecule has 4 nitrogen and oxygen atoms in total. The summed E-state index contributed by atoms with van der Waals surface area (Å²) in [5.41, 5.74) is -0.223. The molecule has 1 aliphatic rings. The average Bonchev–Trinajstić information content (AvgIpc) is 2.49. The summed E-state index contributed by atoms with van der Waals surface area (Å²) in [7, 11) is 2.01. The maximum atomic E-state index is 13.7.